The van der Waals surface area contributed by atoms with E-state index >= 15 is 0 Å². The lowest BCUT2D eigenvalue weighted by molar-refractivity contribution is 0.0711. The minimum atomic E-state index is 0.155. The van der Waals surface area contributed by atoms with Crippen molar-refractivity contribution in [3.63, 3.8) is 0 Å². The van der Waals surface area contributed by atoms with E-state index in [0.29, 0.717) is 17.8 Å². The molecule has 5 nitrogen and oxygen atoms in total. The van der Waals surface area contributed by atoms with Crippen molar-refractivity contribution in [2.75, 3.05) is 19.6 Å². The smallest absolute Gasteiger partial charge is 0.257 e. The van der Waals surface area contributed by atoms with Crippen LogP contribution in [0.5, 0.6) is 0 Å². The predicted molar refractivity (Wildman–Crippen MR) is 109 cm³/mol. The molecule has 0 radical (unpaired) electrons. The van der Waals surface area contributed by atoms with Crippen LogP contribution >= 0.6 is 0 Å². The second-order valence-corrected chi connectivity index (χ2v) is 8.87. The molecule has 1 saturated carbocycles. The lowest BCUT2D eigenvalue weighted by atomic mass is 9.85. The zero-order valence-corrected chi connectivity index (χ0v) is 16.7. The topological polar surface area (TPSA) is 61.0 Å². The van der Waals surface area contributed by atoms with E-state index in [1.807, 2.05) is 0 Å². The number of carbonyl (C=O) groups is 1. The van der Waals surface area contributed by atoms with Crippen molar-refractivity contribution in [2.24, 2.45) is 11.8 Å². The minimum absolute atomic E-state index is 0.155. The molecule has 148 valence electrons. The molecule has 1 aromatic heterocycles. The highest BCUT2D eigenvalue weighted by molar-refractivity contribution is 5.96. The van der Waals surface area contributed by atoms with Crippen LogP contribution in [-0.2, 0) is 0 Å². The van der Waals surface area contributed by atoms with Crippen molar-refractivity contribution in [3.8, 4) is 0 Å². The Balaban J connectivity index is 1.49. The fraction of sp³-hybridized carbons (Fsp3) is 0.565. The van der Waals surface area contributed by atoms with Crippen LogP contribution in [0.25, 0.3) is 0 Å². The molecule has 1 amide bonds. The summed E-state index contributed by atoms with van der Waals surface area (Å²) in [5.41, 5.74) is 4.45. The Kier molecular flexibility index (Phi) is 4.71. The van der Waals surface area contributed by atoms with E-state index in [-0.39, 0.29) is 11.9 Å². The van der Waals surface area contributed by atoms with Crippen molar-refractivity contribution >= 4 is 5.91 Å². The van der Waals surface area contributed by atoms with E-state index in [4.69, 9.17) is 0 Å². The number of aromatic nitrogens is 2. The van der Waals surface area contributed by atoms with Gasteiger partial charge in [-0.15, -0.1) is 0 Å². The summed E-state index contributed by atoms with van der Waals surface area (Å²) in [6, 6.07) is 8.72. The number of hydrogen-bond donors (Lipinski definition) is 2. The molecule has 2 saturated heterocycles. The number of H-pyrrole nitrogens is 1. The number of amides is 1. The maximum Gasteiger partial charge on any atom is 0.257 e. The first-order valence-corrected chi connectivity index (χ1v) is 10.8. The molecule has 0 unspecified atom stereocenters. The van der Waals surface area contributed by atoms with E-state index in [9.17, 15) is 4.79 Å². The molecule has 1 aliphatic carbocycles. The van der Waals surface area contributed by atoms with Gasteiger partial charge in [0.05, 0.1) is 23.5 Å². The van der Waals surface area contributed by atoms with E-state index in [0.717, 1.165) is 30.9 Å². The Labute approximate surface area is 166 Å². The van der Waals surface area contributed by atoms with Gasteiger partial charge in [0.25, 0.3) is 5.91 Å². The summed E-state index contributed by atoms with van der Waals surface area (Å²) in [4.78, 5) is 15.9. The third-order valence-corrected chi connectivity index (χ3v) is 7.25. The van der Waals surface area contributed by atoms with Gasteiger partial charge in [0.2, 0.25) is 0 Å². The molecular formula is C23H30N4O. The highest BCUT2D eigenvalue weighted by Gasteiger charge is 2.47. The zero-order chi connectivity index (χ0) is 19.1. The average molecular weight is 379 g/mol. The molecule has 5 rings (SSSR count). The number of aromatic amines is 1. The van der Waals surface area contributed by atoms with Crippen LogP contribution in [0.2, 0.25) is 0 Å². The largest absolute Gasteiger partial charge is 0.331 e. The summed E-state index contributed by atoms with van der Waals surface area (Å²) < 4.78 is 0. The first kappa shape index (κ1) is 17.9. The van der Waals surface area contributed by atoms with Gasteiger partial charge in [0.1, 0.15) is 0 Å². The number of nitrogens with one attached hydrogen (secondary N) is 2. The molecule has 3 atom stereocenters. The van der Waals surface area contributed by atoms with Gasteiger partial charge in [-0.05, 0) is 36.8 Å². The number of rotatable bonds is 3. The number of benzene rings is 1. The highest BCUT2D eigenvalue weighted by Crippen LogP contribution is 2.44. The molecule has 3 fully saturated rings. The second-order valence-electron chi connectivity index (χ2n) is 8.87. The van der Waals surface area contributed by atoms with Gasteiger partial charge < -0.3 is 10.2 Å². The summed E-state index contributed by atoms with van der Waals surface area (Å²) in [6.45, 7) is 5.01. The van der Waals surface area contributed by atoms with Gasteiger partial charge in [0, 0.05) is 31.5 Å². The van der Waals surface area contributed by atoms with Gasteiger partial charge in [-0.1, -0.05) is 43.5 Å². The van der Waals surface area contributed by atoms with Crippen LogP contribution in [0.1, 0.15) is 71.2 Å². The lowest BCUT2D eigenvalue weighted by Crippen LogP contribution is -2.35. The molecule has 3 aliphatic rings. The van der Waals surface area contributed by atoms with Crippen molar-refractivity contribution in [1.82, 2.24) is 20.4 Å². The molecule has 0 spiro atoms. The fourth-order valence-corrected chi connectivity index (χ4v) is 5.77. The summed E-state index contributed by atoms with van der Waals surface area (Å²) in [7, 11) is 0. The molecule has 3 heterocycles. The van der Waals surface area contributed by atoms with Gasteiger partial charge in [-0.3, -0.25) is 9.89 Å². The van der Waals surface area contributed by atoms with Crippen molar-refractivity contribution in [1.29, 1.82) is 0 Å². The fourth-order valence-electron chi connectivity index (χ4n) is 5.77. The minimum Gasteiger partial charge on any atom is -0.331 e. The molecule has 2 N–H and O–H groups in total. The number of carbonyl (C=O) groups excluding carboxylic acids is 1. The Morgan fingerprint density at radius 1 is 1.14 bits per heavy atom. The molecule has 2 aliphatic heterocycles. The van der Waals surface area contributed by atoms with Crippen LogP contribution < -0.4 is 5.32 Å². The summed E-state index contributed by atoms with van der Waals surface area (Å²) in [5, 5.41) is 11.0. The second kappa shape index (κ2) is 7.36. The Hall–Kier alpha value is -2.14. The molecule has 28 heavy (non-hydrogen) atoms. The molecule has 1 aromatic carbocycles. The molecule has 5 heteroatoms. The predicted octanol–water partition coefficient (Wildman–Crippen LogP) is 3.80. The first-order valence-electron chi connectivity index (χ1n) is 10.8. The summed E-state index contributed by atoms with van der Waals surface area (Å²) in [5.74, 6) is 1.65. The van der Waals surface area contributed by atoms with Crippen molar-refractivity contribution in [2.45, 2.75) is 51.0 Å². The van der Waals surface area contributed by atoms with E-state index < -0.39 is 0 Å². The molecular weight excluding hydrogens is 348 g/mol. The average Bonchev–Trinajstić information content (AvgIpc) is 3.44. The van der Waals surface area contributed by atoms with Crippen LogP contribution in [0.15, 0.2) is 30.5 Å². The third kappa shape index (κ3) is 2.96. The molecule has 2 aromatic rings. The van der Waals surface area contributed by atoms with Gasteiger partial charge in [0.15, 0.2) is 0 Å². The Bertz CT molecular complexity index is 854. The first-order chi connectivity index (χ1) is 13.7. The number of likely N-dealkylation sites (tertiary alicyclic amines) is 1. The van der Waals surface area contributed by atoms with E-state index in [1.54, 1.807) is 6.20 Å². The number of fused-ring (bicyclic) bond motifs is 1. The SMILES string of the molecule is Cc1ccccc1[C@@H]1[C@H]2CNC[C@H]2CN1C(=O)c1cn[nH]c1C1CCCCC1. The quantitative estimate of drug-likeness (QED) is 0.854. The standard InChI is InChI=1S/C23H30N4O/c1-15-7-5-6-10-18(15)22-19-12-24-11-17(19)14-27(22)23(28)20-13-25-26-21(20)16-8-3-2-4-9-16/h5-7,10,13,16-17,19,22,24H,2-4,8-9,11-12,14H2,1H3,(H,25,26)/t17-,19-,22+/m0/s1. The van der Waals surface area contributed by atoms with Gasteiger partial charge in [-0.2, -0.15) is 5.10 Å². The van der Waals surface area contributed by atoms with Crippen LogP contribution in [0, 0.1) is 18.8 Å². The molecule has 0 bridgehead atoms. The van der Waals surface area contributed by atoms with Crippen LogP contribution in [-0.4, -0.2) is 40.6 Å². The summed E-state index contributed by atoms with van der Waals surface area (Å²) in [6.07, 6.45) is 7.92. The number of nitrogens with zero attached hydrogens (tertiary/aromatic N) is 2. The third-order valence-electron chi connectivity index (χ3n) is 7.25. The number of hydrogen-bond acceptors (Lipinski definition) is 3. The Morgan fingerprint density at radius 2 is 1.96 bits per heavy atom. The Morgan fingerprint density at radius 3 is 2.79 bits per heavy atom. The van der Waals surface area contributed by atoms with E-state index in [1.165, 1.54) is 43.2 Å². The van der Waals surface area contributed by atoms with Crippen molar-refractivity contribution < 1.29 is 4.79 Å². The normalized spacial score (nSPS) is 27.9. The van der Waals surface area contributed by atoms with Crippen LogP contribution in [0.4, 0.5) is 0 Å². The monoisotopic (exact) mass is 378 g/mol. The summed E-state index contributed by atoms with van der Waals surface area (Å²) >= 11 is 0. The van der Waals surface area contributed by atoms with Crippen molar-refractivity contribution in [3.05, 3.63) is 52.8 Å². The number of aryl methyl sites for hydroxylation is 1. The highest BCUT2D eigenvalue weighted by atomic mass is 16.2. The maximum absolute atomic E-state index is 13.7. The lowest BCUT2D eigenvalue weighted by Gasteiger charge is -2.30. The zero-order valence-electron chi connectivity index (χ0n) is 16.7. The van der Waals surface area contributed by atoms with Crippen LogP contribution in [0.3, 0.4) is 0 Å². The van der Waals surface area contributed by atoms with Gasteiger partial charge in [-0.25, -0.2) is 0 Å². The van der Waals surface area contributed by atoms with E-state index in [2.05, 4.69) is 51.6 Å². The van der Waals surface area contributed by atoms with Gasteiger partial charge >= 0.3 is 0 Å². The maximum atomic E-state index is 13.7.